The molecule has 12 heteroatoms. The monoisotopic (exact) mass is 491 g/mol. The molecule has 0 aliphatic heterocycles. The number of benzene rings is 1. The van der Waals surface area contributed by atoms with Crippen LogP contribution in [0.1, 0.15) is 16.8 Å². The number of nitrogens with zero attached hydrogens (tertiary/aromatic N) is 5. The quantitative estimate of drug-likeness (QED) is 0.234. The second-order valence-electron chi connectivity index (χ2n) is 7.38. The lowest BCUT2D eigenvalue weighted by atomic mass is 10.1. The number of pyridine rings is 2. The average Bonchev–Trinajstić information content (AvgIpc) is 3.20. The van der Waals surface area contributed by atoms with Gasteiger partial charge in [0, 0.05) is 36.8 Å². The number of hydrazone groups is 1. The summed E-state index contributed by atoms with van der Waals surface area (Å²) in [5.74, 6) is -0.694. The number of sulfonamides is 1. The molecule has 176 valence electrons. The summed E-state index contributed by atoms with van der Waals surface area (Å²) in [5, 5.41) is 3.96. The van der Waals surface area contributed by atoms with Gasteiger partial charge < -0.3 is 0 Å². The van der Waals surface area contributed by atoms with Crippen LogP contribution in [0.4, 0.5) is 17.6 Å². The summed E-state index contributed by atoms with van der Waals surface area (Å²) in [6, 6.07) is 7.62. The molecule has 34 heavy (non-hydrogen) atoms. The number of aromatic nitrogens is 3. The van der Waals surface area contributed by atoms with Crippen LogP contribution in [0, 0.1) is 12.7 Å². The standard InChI is InChI=1S/C22H17F4N5O2S/c1-14-3-5-18(23)8-20(14)34(32,33)30(2)29-12-19-11-28-21-6-4-15(13-31(19)21)16-7-17(10-27-9-16)22(24,25)26/h3-13H,1-2H3. The first-order valence-corrected chi connectivity index (χ1v) is 11.2. The maximum Gasteiger partial charge on any atom is 0.417 e. The fourth-order valence-corrected chi connectivity index (χ4v) is 4.41. The molecular weight excluding hydrogens is 474 g/mol. The second-order valence-corrected chi connectivity index (χ2v) is 9.30. The number of hydrogen-bond acceptors (Lipinski definition) is 5. The van der Waals surface area contributed by atoms with Crippen molar-refractivity contribution in [3.63, 3.8) is 0 Å². The molecule has 0 N–H and O–H groups in total. The van der Waals surface area contributed by atoms with E-state index in [-0.39, 0.29) is 10.5 Å². The zero-order chi connectivity index (χ0) is 24.7. The summed E-state index contributed by atoms with van der Waals surface area (Å²) in [6.45, 7) is 1.54. The molecular formula is C22H17F4N5O2S. The van der Waals surface area contributed by atoms with Crippen LogP contribution in [0.3, 0.4) is 0 Å². The van der Waals surface area contributed by atoms with E-state index < -0.39 is 27.6 Å². The van der Waals surface area contributed by atoms with Crippen molar-refractivity contribution in [1.82, 2.24) is 18.8 Å². The normalized spacial score (nSPS) is 12.5. The van der Waals surface area contributed by atoms with E-state index in [4.69, 9.17) is 0 Å². The summed E-state index contributed by atoms with van der Waals surface area (Å²) in [6.07, 6.45) is 1.74. The maximum absolute atomic E-state index is 13.6. The Bertz CT molecular complexity index is 1510. The van der Waals surface area contributed by atoms with E-state index in [0.29, 0.717) is 26.9 Å². The van der Waals surface area contributed by atoms with Crippen molar-refractivity contribution in [2.24, 2.45) is 5.10 Å². The molecule has 0 spiro atoms. The number of imidazole rings is 1. The van der Waals surface area contributed by atoms with Crippen molar-refractivity contribution in [3.8, 4) is 11.1 Å². The van der Waals surface area contributed by atoms with Crippen molar-refractivity contribution in [2.45, 2.75) is 18.0 Å². The van der Waals surface area contributed by atoms with Gasteiger partial charge in [0.15, 0.2) is 0 Å². The Morgan fingerprint density at radius 2 is 1.82 bits per heavy atom. The molecule has 0 radical (unpaired) electrons. The summed E-state index contributed by atoms with van der Waals surface area (Å²) in [7, 11) is -2.91. The Morgan fingerprint density at radius 1 is 1.06 bits per heavy atom. The van der Waals surface area contributed by atoms with E-state index in [1.807, 2.05) is 0 Å². The highest BCUT2D eigenvalue weighted by Crippen LogP contribution is 2.31. The molecule has 4 rings (SSSR count). The summed E-state index contributed by atoms with van der Waals surface area (Å²) in [5.41, 5.74) is 1.01. The van der Waals surface area contributed by atoms with Gasteiger partial charge in [-0.1, -0.05) is 6.07 Å². The molecule has 0 aliphatic rings. The van der Waals surface area contributed by atoms with E-state index in [9.17, 15) is 26.0 Å². The molecule has 4 aromatic rings. The Balaban J connectivity index is 1.68. The zero-order valence-electron chi connectivity index (χ0n) is 17.8. The van der Waals surface area contributed by atoms with Crippen molar-refractivity contribution in [1.29, 1.82) is 0 Å². The molecule has 1 aromatic carbocycles. The van der Waals surface area contributed by atoms with Crippen LogP contribution in [-0.2, 0) is 16.2 Å². The smallest absolute Gasteiger partial charge is 0.298 e. The molecule has 0 bridgehead atoms. The van der Waals surface area contributed by atoms with Gasteiger partial charge in [-0.15, -0.1) is 0 Å². The number of halogens is 4. The molecule has 0 unspecified atom stereocenters. The van der Waals surface area contributed by atoms with Gasteiger partial charge >= 0.3 is 6.18 Å². The molecule has 7 nitrogen and oxygen atoms in total. The third kappa shape index (κ3) is 4.49. The highest BCUT2D eigenvalue weighted by Gasteiger charge is 2.31. The third-order valence-corrected chi connectivity index (χ3v) is 6.85. The fourth-order valence-electron chi connectivity index (χ4n) is 3.22. The van der Waals surface area contributed by atoms with E-state index in [1.54, 1.807) is 29.7 Å². The van der Waals surface area contributed by atoms with Crippen LogP contribution in [0.15, 0.2) is 71.2 Å². The number of fused-ring (bicyclic) bond motifs is 1. The van der Waals surface area contributed by atoms with Crippen LogP contribution < -0.4 is 0 Å². The average molecular weight is 491 g/mol. The molecule has 0 fully saturated rings. The maximum atomic E-state index is 13.6. The first-order chi connectivity index (χ1) is 16.0. The molecule has 3 aromatic heterocycles. The van der Waals surface area contributed by atoms with Gasteiger partial charge in [-0.25, -0.2) is 9.37 Å². The van der Waals surface area contributed by atoms with Gasteiger partial charge in [0.2, 0.25) is 0 Å². The Morgan fingerprint density at radius 3 is 2.56 bits per heavy atom. The van der Waals surface area contributed by atoms with E-state index in [0.717, 1.165) is 24.4 Å². The zero-order valence-corrected chi connectivity index (χ0v) is 18.6. The van der Waals surface area contributed by atoms with Crippen molar-refractivity contribution >= 4 is 21.9 Å². The Kier molecular flexibility index (Phi) is 5.86. The molecule has 0 saturated heterocycles. The van der Waals surface area contributed by atoms with Gasteiger partial charge in [0.1, 0.15) is 11.5 Å². The van der Waals surface area contributed by atoms with Gasteiger partial charge in [-0.3, -0.25) is 9.38 Å². The van der Waals surface area contributed by atoms with Gasteiger partial charge in [-0.05, 0) is 42.8 Å². The molecule has 3 heterocycles. The lowest BCUT2D eigenvalue weighted by Crippen LogP contribution is -2.23. The molecule has 0 amide bonds. The fraction of sp³-hybridized carbons (Fsp3) is 0.136. The minimum atomic E-state index is -4.53. The topological polar surface area (TPSA) is 79.9 Å². The largest absolute Gasteiger partial charge is 0.417 e. The third-order valence-electron chi connectivity index (χ3n) is 5.06. The Hall–Kier alpha value is -3.80. The van der Waals surface area contributed by atoms with E-state index in [2.05, 4.69) is 15.1 Å². The van der Waals surface area contributed by atoms with Crippen molar-refractivity contribution in [2.75, 3.05) is 7.05 Å². The summed E-state index contributed by atoms with van der Waals surface area (Å²) < 4.78 is 80.6. The first-order valence-electron chi connectivity index (χ1n) is 9.75. The second kappa shape index (κ2) is 8.52. The highest BCUT2D eigenvalue weighted by molar-refractivity contribution is 7.89. The number of rotatable bonds is 5. The van der Waals surface area contributed by atoms with Crippen molar-refractivity contribution < 1.29 is 26.0 Å². The minimum Gasteiger partial charge on any atom is -0.298 e. The van der Waals surface area contributed by atoms with Gasteiger partial charge in [0.05, 0.1) is 28.6 Å². The van der Waals surface area contributed by atoms with Gasteiger partial charge in [-0.2, -0.15) is 31.1 Å². The van der Waals surface area contributed by atoms with Crippen LogP contribution >= 0.6 is 0 Å². The Labute approximate surface area is 192 Å². The van der Waals surface area contributed by atoms with Crippen molar-refractivity contribution in [3.05, 3.63) is 83.8 Å². The lowest BCUT2D eigenvalue weighted by Gasteiger charge is -2.15. The minimum absolute atomic E-state index is 0.218. The van der Waals surface area contributed by atoms with Crippen LogP contribution in [0.25, 0.3) is 16.8 Å². The first kappa shape index (κ1) is 23.4. The number of aryl methyl sites for hydroxylation is 1. The molecule has 0 saturated carbocycles. The lowest BCUT2D eigenvalue weighted by molar-refractivity contribution is -0.137. The van der Waals surface area contributed by atoms with E-state index in [1.165, 1.54) is 31.7 Å². The predicted octanol–water partition coefficient (Wildman–Crippen LogP) is 4.52. The van der Waals surface area contributed by atoms with Crippen LogP contribution in [-0.4, -0.2) is 40.5 Å². The van der Waals surface area contributed by atoms with Gasteiger partial charge in [0.25, 0.3) is 10.0 Å². The van der Waals surface area contributed by atoms with Crippen LogP contribution in [0.2, 0.25) is 0 Å². The van der Waals surface area contributed by atoms with Crippen LogP contribution in [0.5, 0.6) is 0 Å². The summed E-state index contributed by atoms with van der Waals surface area (Å²) >= 11 is 0. The van der Waals surface area contributed by atoms with E-state index >= 15 is 0 Å². The SMILES string of the molecule is Cc1ccc(F)cc1S(=O)(=O)N(C)N=Cc1cnc2ccc(-c3cncc(C(F)(F)F)c3)cn12. The number of hydrogen-bond donors (Lipinski definition) is 0. The summed E-state index contributed by atoms with van der Waals surface area (Å²) in [4.78, 5) is 7.65. The molecule has 0 aliphatic carbocycles. The highest BCUT2D eigenvalue weighted by atomic mass is 32.2. The molecule has 0 atom stereocenters. The number of alkyl halides is 3. The predicted molar refractivity (Wildman–Crippen MR) is 117 cm³/mol.